The van der Waals surface area contributed by atoms with E-state index in [1.165, 1.54) is 34.6 Å². The second-order valence-corrected chi connectivity index (χ2v) is 9.72. The van der Waals surface area contributed by atoms with Crippen molar-refractivity contribution in [3.05, 3.63) is 69.3 Å². The molecule has 0 radical (unpaired) electrons. The van der Waals surface area contributed by atoms with Crippen LogP contribution >= 0.6 is 0 Å². The monoisotopic (exact) mass is 503 g/mol. The van der Waals surface area contributed by atoms with Gasteiger partial charge in [-0.25, -0.2) is 13.2 Å². The van der Waals surface area contributed by atoms with Crippen LogP contribution in [0.1, 0.15) is 16.7 Å². The second kappa shape index (κ2) is 11.2. The average molecular weight is 504 g/mol. The van der Waals surface area contributed by atoms with Gasteiger partial charge < -0.3 is 14.8 Å². The van der Waals surface area contributed by atoms with Crippen LogP contribution in [-0.4, -0.2) is 62.4 Å². The minimum atomic E-state index is -3.62. The zero-order chi connectivity index (χ0) is 25.6. The summed E-state index contributed by atoms with van der Waals surface area (Å²) >= 11 is 0. The van der Waals surface area contributed by atoms with Crippen molar-refractivity contribution in [2.24, 2.45) is 0 Å². The fraction of sp³-hybridized carbons (Fsp3) is 0.304. The maximum atomic E-state index is 12.6. The topological polar surface area (TPSA) is 145 Å². The first-order valence-electron chi connectivity index (χ1n) is 10.7. The number of esters is 1. The Labute approximate surface area is 202 Å². The molecular weight excluding hydrogens is 478 g/mol. The summed E-state index contributed by atoms with van der Waals surface area (Å²) in [6, 6.07) is 8.82. The molecule has 2 aromatic rings. The number of amides is 1. The molecule has 1 amide bonds. The predicted octanol–water partition coefficient (Wildman–Crippen LogP) is 2.43. The highest BCUT2D eigenvalue weighted by Crippen LogP contribution is 2.27. The second-order valence-electron chi connectivity index (χ2n) is 7.79. The minimum absolute atomic E-state index is 0.0156. The molecule has 1 fully saturated rings. The molecule has 1 heterocycles. The molecule has 1 aliphatic heterocycles. The number of anilines is 1. The van der Waals surface area contributed by atoms with Crippen molar-refractivity contribution in [3.8, 4) is 0 Å². The van der Waals surface area contributed by atoms with Gasteiger partial charge in [-0.2, -0.15) is 4.31 Å². The third-order valence-corrected chi connectivity index (χ3v) is 7.24. The summed E-state index contributed by atoms with van der Waals surface area (Å²) in [5, 5.41) is 13.6. The fourth-order valence-corrected chi connectivity index (χ4v) is 4.68. The zero-order valence-corrected chi connectivity index (χ0v) is 20.0. The van der Waals surface area contributed by atoms with Crippen LogP contribution in [0.2, 0.25) is 0 Å². The summed E-state index contributed by atoms with van der Waals surface area (Å²) in [4.78, 5) is 34.8. The van der Waals surface area contributed by atoms with E-state index in [2.05, 4.69) is 5.32 Å². The summed E-state index contributed by atoms with van der Waals surface area (Å²) < 4.78 is 36.7. The summed E-state index contributed by atoms with van der Waals surface area (Å²) in [7, 11) is -3.62. The van der Waals surface area contributed by atoms with Crippen LogP contribution < -0.4 is 5.32 Å². The first-order valence-corrected chi connectivity index (χ1v) is 12.1. The van der Waals surface area contributed by atoms with Gasteiger partial charge in [-0.1, -0.05) is 12.1 Å². The van der Waals surface area contributed by atoms with E-state index in [1.807, 2.05) is 0 Å². The van der Waals surface area contributed by atoms with Gasteiger partial charge in [-0.05, 0) is 54.8 Å². The number of nitrogens with zero attached hydrogens (tertiary/aromatic N) is 2. The summed E-state index contributed by atoms with van der Waals surface area (Å²) in [5.41, 5.74) is 1.78. The maximum absolute atomic E-state index is 12.6. The van der Waals surface area contributed by atoms with E-state index in [0.29, 0.717) is 37.4 Å². The Morgan fingerprint density at radius 2 is 1.77 bits per heavy atom. The van der Waals surface area contributed by atoms with E-state index in [-0.39, 0.29) is 16.3 Å². The van der Waals surface area contributed by atoms with E-state index in [4.69, 9.17) is 9.47 Å². The molecule has 2 aromatic carbocycles. The molecule has 0 aromatic heterocycles. The lowest BCUT2D eigenvalue weighted by atomic mass is 10.1. The van der Waals surface area contributed by atoms with Gasteiger partial charge in [0.15, 0.2) is 6.61 Å². The van der Waals surface area contributed by atoms with Gasteiger partial charge in [-0.15, -0.1) is 0 Å². The van der Waals surface area contributed by atoms with Crippen molar-refractivity contribution in [2.75, 3.05) is 38.2 Å². The summed E-state index contributed by atoms with van der Waals surface area (Å²) in [5.74, 6) is -1.53. The molecule has 1 saturated heterocycles. The smallest absolute Gasteiger partial charge is 0.331 e. The van der Waals surface area contributed by atoms with E-state index in [9.17, 15) is 28.1 Å². The Hall–Kier alpha value is -3.61. The van der Waals surface area contributed by atoms with Gasteiger partial charge in [0.05, 0.1) is 23.0 Å². The molecule has 0 bridgehead atoms. The van der Waals surface area contributed by atoms with E-state index in [0.717, 1.165) is 11.6 Å². The molecule has 1 N–H and O–H groups in total. The van der Waals surface area contributed by atoms with Crippen LogP contribution in [-0.2, 0) is 29.1 Å². The van der Waals surface area contributed by atoms with Crippen molar-refractivity contribution in [1.29, 1.82) is 0 Å². The summed E-state index contributed by atoms with van der Waals surface area (Å²) in [6.07, 6.45) is 2.51. The Bertz CT molecular complexity index is 1250. The predicted molar refractivity (Wildman–Crippen MR) is 127 cm³/mol. The number of nitro groups is 1. The Morgan fingerprint density at radius 1 is 1.14 bits per heavy atom. The van der Waals surface area contributed by atoms with Gasteiger partial charge in [0, 0.05) is 25.2 Å². The number of sulfonamides is 1. The van der Waals surface area contributed by atoms with Crippen LogP contribution in [0.4, 0.5) is 11.4 Å². The molecule has 0 atom stereocenters. The standard InChI is InChI=1S/C23H25N3O8S/c1-16-13-20(21(26(29)30)14-17(16)2)24-22(27)15-34-23(28)8-5-18-3-6-19(7-4-18)35(31,32)25-9-11-33-12-10-25/h3-8,13-14H,9-12,15H2,1-2H3,(H,24,27). The van der Waals surface area contributed by atoms with Gasteiger partial charge >= 0.3 is 5.97 Å². The molecular formula is C23H25N3O8S. The lowest BCUT2D eigenvalue weighted by molar-refractivity contribution is -0.384. The van der Waals surface area contributed by atoms with Crippen molar-refractivity contribution < 1.29 is 32.4 Å². The summed E-state index contributed by atoms with van der Waals surface area (Å²) in [6.45, 7) is 4.12. The van der Waals surface area contributed by atoms with Crippen LogP contribution in [0.5, 0.6) is 0 Å². The lowest BCUT2D eigenvalue weighted by Crippen LogP contribution is -2.40. The number of hydrogen-bond donors (Lipinski definition) is 1. The van der Waals surface area contributed by atoms with Crippen molar-refractivity contribution in [2.45, 2.75) is 18.7 Å². The molecule has 0 saturated carbocycles. The normalized spacial score (nSPS) is 14.6. The Balaban J connectivity index is 1.55. The quantitative estimate of drug-likeness (QED) is 0.250. The molecule has 1 aliphatic rings. The highest BCUT2D eigenvalue weighted by molar-refractivity contribution is 7.89. The molecule has 0 aliphatic carbocycles. The zero-order valence-electron chi connectivity index (χ0n) is 19.2. The number of ether oxygens (including phenoxy) is 2. The Morgan fingerprint density at radius 3 is 2.40 bits per heavy atom. The number of rotatable bonds is 8. The number of aryl methyl sites for hydroxylation is 2. The van der Waals surface area contributed by atoms with Gasteiger partial charge in [-0.3, -0.25) is 14.9 Å². The number of hydrogen-bond acceptors (Lipinski definition) is 8. The number of benzene rings is 2. The fourth-order valence-electron chi connectivity index (χ4n) is 3.27. The third kappa shape index (κ3) is 6.72. The number of nitrogens with one attached hydrogen (secondary N) is 1. The highest BCUT2D eigenvalue weighted by atomic mass is 32.2. The average Bonchev–Trinajstić information content (AvgIpc) is 2.84. The van der Waals surface area contributed by atoms with Crippen LogP contribution in [0.3, 0.4) is 0 Å². The van der Waals surface area contributed by atoms with Crippen LogP contribution in [0.15, 0.2) is 47.4 Å². The van der Waals surface area contributed by atoms with Crippen LogP contribution in [0, 0.1) is 24.0 Å². The van der Waals surface area contributed by atoms with Gasteiger partial charge in [0.1, 0.15) is 5.69 Å². The number of carbonyl (C=O) groups is 2. The largest absolute Gasteiger partial charge is 0.452 e. The first kappa shape index (κ1) is 26.0. The van der Waals surface area contributed by atoms with E-state index >= 15 is 0 Å². The molecule has 35 heavy (non-hydrogen) atoms. The number of carbonyl (C=O) groups excluding carboxylic acids is 2. The van der Waals surface area contributed by atoms with Crippen LogP contribution in [0.25, 0.3) is 6.08 Å². The highest BCUT2D eigenvalue weighted by Gasteiger charge is 2.26. The van der Waals surface area contributed by atoms with E-state index in [1.54, 1.807) is 26.0 Å². The molecule has 0 unspecified atom stereocenters. The molecule has 11 nitrogen and oxygen atoms in total. The third-order valence-electron chi connectivity index (χ3n) is 5.33. The minimum Gasteiger partial charge on any atom is -0.452 e. The van der Waals surface area contributed by atoms with Crippen molar-refractivity contribution >= 4 is 39.4 Å². The molecule has 0 spiro atoms. The molecule has 12 heteroatoms. The SMILES string of the molecule is Cc1cc(NC(=O)COC(=O)C=Cc2ccc(S(=O)(=O)N3CCOCC3)cc2)c([N+](=O)[O-])cc1C. The molecule has 3 rings (SSSR count). The number of nitro benzene ring substituents is 1. The van der Waals surface area contributed by atoms with Gasteiger partial charge in [0.25, 0.3) is 11.6 Å². The van der Waals surface area contributed by atoms with E-state index < -0.39 is 33.4 Å². The molecule has 186 valence electrons. The lowest BCUT2D eigenvalue weighted by Gasteiger charge is -2.26. The maximum Gasteiger partial charge on any atom is 0.331 e. The van der Waals surface area contributed by atoms with Crippen molar-refractivity contribution in [1.82, 2.24) is 4.31 Å². The van der Waals surface area contributed by atoms with Gasteiger partial charge in [0.2, 0.25) is 10.0 Å². The first-order chi connectivity index (χ1) is 16.6. The van der Waals surface area contributed by atoms with Crippen molar-refractivity contribution in [3.63, 3.8) is 0 Å². The Kier molecular flexibility index (Phi) is 8.33. The number of morpholine rings is 1.